The molecule has 0 saturated heterocycles. The molecule has 5 heteroatoms. The van der Waals surface area contributed by atoms with E-state index in [-0.39, 0.29) is 11.3 Å². The summed E-state index contributed by atoms with van der Waals surface area (Å²) in [6.45, 7) is 4.74. The minimum Gasteiger partial charge on any atom is -0.377 e. The summed E-state index contributed by atoms with van der Waals surface area (Å²) in [4.78, 5) is 0. The van der Waals surface area contributed by atoms with Gasteiger partial charge in [0.1, 0.15) is 0 Å². The molecule has 9 atom stereocenters. The molecule has 4 nitrogen and oxygen atoms in total. The standard InChI is InChI=1S/C20H33NO3S/c1-19-9-7-13(21)11-12(19)3-4-14-15-5-6-17(18(22)25(23)24)20(15,2)10-8-16(14)19/h3,13-18,22H,4-11,21H2,1-2H3,(H,23,24)/t13-,14-,15+,16-,17-,18+,19-,20-/m0/s1. The molecule has 0 amide bonds. The highest BCUT2D eigenvalue weighted by molar-refractivity contribution is 7.79. The van der Waals surface area contributed by atoms with Gasteiger partial charge in [0.25, 0.3) is 0 Å². The fraction of sp³-hybridized carbons (Fsp3) is 0.900. The lowest BCUT2D eigenvalue weighted by Crippen LogP contribution is -2.52. The van der Waals surface area contributed by atoms with E-state index in [1.807, 2.05) is 0 Å². The van der Waals surface area contributed by atoms with E-state index in [1.54, 1.807) is 5.57 Å². The Morgan fingerprint density at radius 1 is 1.20 bits per heavy atom. The van der Waals surface area contributed by atoms with Crippen molar-refractivity contribution in [2.24, 2.45) is 40.2 Å². The third-order valence-electron chi connectivity index (χ3n) is 8.77. The maximum atomic E-state index is 11.5. The first-order valence-electron chi connectivity index (χ1n) is 10.00. The normalized spacial score (nSPS) is 51.7. The van der Waals surface area contributed by atoms with Crippen molar-refractivity contribution in [1.82, 2.24) is 0 Å². The Hall–Kier alpha value is -0.230. The highest BCUT2D eigenvalue weighted by Gasteiger charge is 2.60. The van der Waals surface area contributed by atoms with Gasteiger partial charge in [0.15, 0.2) is 16.5 Å². The summed E-state index contributed by atoms with van der Waals surface area (Å²) in [6.07, 6.45) is 11.3. The number of aliphatic hydroxyl groups is 1. The number of rotatable bonds is 2. The Labute approximate surface area is 153 Å². The Balaban J connectivity index is 1.63. The molecule has 4 rings (SSSR count). The Kier molecular flexibility index (Phi) is 4.46. The molecule has 4 N–H and O–H groups in total. The molecule has 4 aliphatic rings. The van der Waals surface area contributed by atoms with Crippen molar-refractivity contribution in [3.05, 3.63) is 11.6 Å². The van der Waals surface area contributed by atoms with Crippen LogP contribution in [-0.4, -0.2) is 25.3 Å². The van der Waals surface area contributed by atoms with Crippen LogP contribution in [0.5, 0.6) is 0 Å². The second kappa shape index (κ2) is 6.15. The molecular weight excluding hydrogens is 334 g/mol. The molecule has 142 valence electrons. The molecule has 0 spiro atoms. The fourth-order valence-electron chi connectivity index (χ4n) is 7.34. The van der Waals surface area contributed by atoms with Crippen LogP contribution in [0.3, 0.4) is 0 Å². The quantitative estimate of drug-likeness (QED) is 0.516. The molecule has 0 aromatic heterocycles. The second-order valence-electron chi connectivity index (χ2n) is 9.66. The summed E-state index contributed by atoms with van der Waals surface area (Å²) in [7, 11) is 0. The molecule has 3 saturated carbocycles. The lowest BCUT2D eigenvalue weighted by atomic mass is 9.47. The second-order valence-corrected chi connectivity index (χ2v) is 10.7. The molecule has 0 aromatic rings. The summed E-state index contributed by atoms with van der Waals surface area (Å²) < 4.78 is 20.9. The smallest absolute Gasteiger partial charge is 0.182 e. The van der Waals surface area contributed by atoms with Crippen molar-refractivity contribution in [2.45, 2.75) is 76.7 Å². The van der Waals surface area contributed by atoms with Crippen molar-refractivity contribution < 1.29 is 13.9 Å². The average molecular weight is 368 g/mol. The van der Waals surface area contributed by atoms with Gasteiger partial charge in [-0.2, -0.15) is 0 Å². The number of hydrogen-bond donors (Lipinski definition) is 3. The van der Waals surface area contributed by atoms with Gasteiger partial charge < -0.3 is 15.4 Å². The largest absolute Gasteiger partial charge is 0.377 e. The molecule has 1 unspecified atom stereocenters. The van der Waals surface area contributed by atoms with Gasteiger partial charge in [-0.05, 0) is 80.0 Å². The third kappa shape index (κ3) is 2.60. The van der Waals surface area contributed by atoms with E-state index < -0.39 is 16.5 Å². The zero-order valence-corrected chi connectivity index (χ0v) is 16.3. The van der Waals surface area contributed by atoms with Gasteiger partial charge in [0.2, 0.25) is 0 Å². The average Bonchev–Trinajstić information content (AvgIpc) is 2.92. The summed E-state index contributed by atoms with van der Waals surface area (Å²) in [5, 5.41) is 10.3. The van der Waals surface area contributed by atoms with E-state index in [9.17, 15) is 13.9 Å². The number of allylic oxidation sites excluding steroid dienone is 1. The monoisotopic (exact) mass is 367 g/mol. The van der Waals surface area contributed by atoms with Crippen molar-refractivity contribution in [2.75, 3.05) is 0 Å². The van der Waals surface area contributed by atoms with Crippen molar-refractivity contribution in [3.8, 4) is 0 Å². The first kappa shape index (κ1) is 18.1. The molecular formula is C20H33NO3S. The van der Waals surface area contributed by atoms with Crippen LogP contribution in [0.2, 0.25) is 0 Å². The van der Waals surface area contributed by atoms with Gasteiger partial charge in [-0.15, -0.1) is 0 Å². The van der Waals surface area contributed by atoms with Crippen molar-refractivity contribution in [1.29, 1.82) is 0 Å². The van der Waals surface area contributed by atoms with Gasteiger partial charge in [-0.25, -0.2) is 4.21 Å². The maximum Gasteiger partial charge on any atom is 0.182 e. The molecule has 3 fully saturated rings. The highest BCUT2D eigenvalue weighted by atomic mass is 32.2. The molecule has 0 aromatic carbocycles. The molecule has 0 aliphatic heterocycles. The van der Waals surface area contributed by atoms with Gasteiger partial charge in [-0.3, -0.25) is 0 Å². The summed E-state index contributed by atoms with van der Waals surface area (Å²) in [6, 6.07) is 0.329. The van der Waals surface area contributed by atoms with Gasteiger partial charge >= 0.3 is 0 Å². The molecule has 0 heterocycles. The minimum atomic E-state index is -2.14. The van der Waals surface area contributed by atoms with Gasteiger partial charge in [-0.1, -0.05) is 25.5 Å². The molecule has 0 radical (unpaired) electrons. The van der Waals surface area contributed by atoms with Crippen LogP contribution < -0.4 is 5.73 Å². The van der Waals surface area contributed by atoms with E-state index >= 15 is 0 Å². The third-order valence-corrected chi connectivity index (χ3v) is 9.51. The number of aliphatic hydroxyl groups excluding tert-OH is 1. The van der Waals surface area contributed by atoms with Crippen LogP contribution >= 0.6 is 0 Å². The summed E-state index contributed by atoms with van der Waals surface area (Å²) in [5.74, 6) is 1.90. The highest BCUT2D eigenvalue weighted by Crippen LogP contribution is 2.66. The summed E-state index contributed by atoms with van der Waals surface area (Å²) >= 11 is -2.14. The van der Waals surface area contributed by atoms with Crippen LogP contribution in [0.25, 0.3) is 0 Å². The SMILES string of the molecule is C[C@]12CC[C@H]3[C@@H](CC=C4C[C@@H](N)CC[C@@]43C)[C@H]1CC[C@H]2[C@H](O)S(=O)O. The zero-order chi connectivity index (χ0) is 18.0. The first-order valence-corrected chi connectivity index (χ1v) is 11.2. The lowest BCUT2D eigenvalue weighted by Gasteiger charge is -2.58. The van der Waals surface area contributed by atoms with Gasteiger partial charge in [0, 0.05) is 12.0 Å². The number of nitrogens with two attached hydrogens (primary N) is 1. The molecule has 0 bridgehead atoms. The van der Waals surface area contributed by atoms with Gasteiger partial charge in [0.05, 0.1) is 0 Å². The Morgan fingerprint density at radius 3 is 2.68 bits per heavy atom. The lowest BCUT2D eigenvalue weighted by molar-refractivity contribution is -0.0546. The Morgan fingerprint density at radius 2 is 1.96 bits per heavy atom. The molecule has 25 heavy (non-hydrogen) atoms. The van der Waals surface area contributed by atoms with Crippen LogP contribution in [-0.2, 0) is 11.1 Å². The van der Waals surface area contributed by atoms with Crippen LogP contribution in [0.4, 0.5) is 0 Å². The Bertz CT molecular complexity index is 608. The van der Waals surface area contributed by atoms with Crippen molar-refractivity contribution in [3.63, 3.8) is 0 Å². The molecule has 4 aliphatic carbocycles. The first-order chi connectivity index (χ1) is 11.8. The topological polar surface area (TPSA) is 83.5 Å². The van der Waals surface area contributed by atoms with Crippen LogP contribution in [0, 0.1) is 34.5 Å². The van der Waals surface area contributed by atoms with E-state index in [2.05, 4.69) is 19.9 Å². The van der Waals surface area contributed by atoms with E-state index in [0.717, 1.165) is 38.5 Å². The van der Waals surface area contributed by atoms with Crippen LogP contribution in [0.1, 0.15) is 65.2 Å². The minimum absolute atomic E-state index is 0.00570. The van der Waals surface area contributed by atoms with E-state index in [1.165, 1.54) is 12.8 Å². The predicted molar refractivity (Wildman–Crippen MR) is 99.9 cm³/mol. The zero-order valence-electron chi connectivity index (χ0n) is 15.5. The predicted octanol–water partition coefficient (Wildman–Crippen LogP) is 3.43. The number of fused-ring (bicyclic) bond motifs is 5. The van der Waals surface area contributed by atoms with Crippen molar-refractivity contribution >= 4 is 11.1 Å². The number of hydrogen-bond acceptors (Lipinski definition) is 3. The summed E-state index contributed by atoms with van der Waals surface area (Å²) in [5.41, 5.74) is 7.05. The van der Waals surface area contributed by atoms with Crippen LogP contribution in [0.15, 0.2) is 11.6 Å². The van der Waals surface area contributed by atoms with E-state index in [0.29, 0.717) is 29.2 Å². The van der Waals surface area contributed by atoms with E-state index in [4.69, 9.17) is 5.73 Å². The fourth-order valence-corrected chi connectivity index (χ4v) is 8.07. The maximum absolute atomic E-state index is 11.5.